The SMILES string of the molecule is COc1ccc(OC)c([C@H]2CCCN2CC(=O)NC(=O)NCC(F)(F)F)c1. The average Bonchev–Trinajstić information content (AvgIpc) is 3.06. The summed E-state index contributed by atoms with van der Waals surface area (Å²) in [5.74, 6) is 0.619. The Morgan fingerprint density at radius 2 is 2.00 bits per heavy atom. The molecule has 150 valence electrons. The van der Waals surface area contributed by atoms with Crippen LogP contribution in [0.4, 0.5) is 18.0 Å². The Kier molecular flexibility index (Phi) is 6.89. The monoisotopic (exact) mass is 389 g/mol. The van der Waals surface area contributed by atoms with Gasteiger partial charge in [0.1, 0.15) is 18.0 Å². The lowest BCUT2D eigenvalue weighted by Crippen LogP contribution is -2.46. The van der Waals surface area contributed by atoms with Crippen molar-refractivity contribution < 1.29 is 32.2 Å². The maximum Gasteiger partial charge on any atom is 0.405 e. The molecular formula is C17H22F3N3O4. The van der Waals surface area contributed by atoms with Gasteiger partial charge in [-0.25, -0.2) is 4.79 Å². The Bertz CT molecular complexity index is 682. The van der Waals surface area contributed by atoms with Gasteiger partial charge in [-0.05, 0) is 37.6 Å². The maximum atomic E-state index is 12.1. The molecular weight excluding hydrogens is 367 g/mol. The number of nitrogens with zero attached hydrogens (tertiary/aromatic N) is 1. The van der Waals surface area contributed by atoms with E-state index in [1.54, 1.807) is 31.7 Å². The molecule has 1 aromatic rings. The van der Waals surface area contributed by atoms with E-state index in [-0.39, 0.29) is 12.6 Å². The molecule has 0 spiro atoms. The van der Waals surface area contributed by atoms with Crippen LogP contribution in [0.3, 0.4) is 0 Å². The minimum absolute atomic E-state index is 0.121. The van der Waals surface area contributed by atoms with Crippen LogP contribution in [-0.4, -0.2) is 56.9 Å². The number of hydrogen-bond donors (Lipinski definition) is 2. The zero-order chi connectivity index (χ0) is 20.0. The number of nitrogens with one attached hydrogen (secondary N) is 2. The number of amides is 3. The van der Waals surface area contributed by atoms with Crippen LogP contribution in [0.15, 0.2) is 18.2 Å². The van der Waals surface area contributed by atoms with Crippen molar-refractivity contribution in [2.45, 2.75) is 25.1 Å². The number of ether oxygens (including phenoxy) is 2. The van der Waals surface area contributed by atoms with Crippen molar-refractivity contribution in [3.05, 3.63) is 23.8 Å². The van der Waals surface area contributed by atoms with Gasteiger partial charge in [-0.15, -0.1) is 0 Å². The van der Waals surface area contributed by atoms with Gasteiger partial charge in [0.05, 0.1) is 20.8 Å². The van der Waals surface area contributed by atoms with E-state index < -0.39 is 24.7 Å². The molecule has 1 aliphatic rings. The molecule has 1 fully saturated rings. The van der Waals surface area contributed by atoms with Crippen LogP contribution in [0, 0.1) is 0 Å². The summed E-state index contributed by atoms with van der Waals surface area (Å²) in [6, 6.07) is 4.07. The lowest BCUT2D eigenvalue weighted by atomic mass is 10.0. The fourth-order valence-electron chi connectivity index (χ4n) is 3.04. The molecule has 3 amide bonds. The second-order valence-electron chi connectivity index (χ2n) is 6.08. The lowest BCUT2D eigenvalue weighted by Gasteiger charge is -2.25. The average molecular weight is 389 g/mol. The Labute approximate surface area is 154 Å². The molecule has 2 N–H and O–H groups in total. The van der Waals surface area contributed by atoms with Gasteiger partial charge in [0.15, 0.2) is 0 Å². The van der Waals surface area contributed by atoms with E-state index in [1.807, 2.05) is 16.3 Å². The normalized spacial score (nSPS) is 17.4. The van der Waals surface area contributed by atoms with E-state index in [2.05, 4.69) is 0 Å². The summed E-state index contributed by atoms with van der Waals surface area (Å²) in [7, 11) is 3.09. The predicted octanol–water partition coefficient (Wildman–Crippen LogP) is 2.23. The standard InChI is InChI=1S/C17H22F3N3O4/c1-26-11-5-6-14(27-2)12(8-11)13-4-3-7-23(13)9-15(24)22-16(25)21-10-17(18,19)20/h5-6,8,13H,3-4,7,9-10H2,1-2H3,(H2,21,22,24,25)/t13-/m1/s1. The number of carbonyl (C=O) groups is 2. The summed E-state index contributed by atoms with van der Waals surface area (Å²) >= 11 is 0. The molecule has 0 saturated carbocycles. The number of likely N-dealkylation sites (tertiary alicyclic amines) is 1. The van der Waals surface area contributed by atoms with Crippen molar-refractivity contribution in [2.24, 2.45) is 0 Å². The minimum Gasteiger partial charge on any atom is -0.497 e. The molecule has 1 aromatic carbocycles. The highest BCUT2D eigenvalue weighted by molar-refractivity contribution is 5.95. The highest BCUT2D eigenvalue weighted by Crippen LogP contribution is 2.38. The lowest BCUT2D eigenvalue weighted by molar-refractivity contribution is -0.125. The highest BCUT2D eigenvalue weighted by Gasteiger charge is 2.31. The van der Waals surface area contributed by atoms with Gasteiger partial charge >= 0.3 is 12.2 Å². The maximum absolute atomic E-state index is 12.1. The minimum atomic E-state index is -4.54. The van der Waals surface area contributed by atoms with Crippen LogP contribution < -0.4 is 20.1 Å². The van der Waals surface area contributed by atoms with E-state index >= 15 is 0 Å². The molecule has 0 aliphatic carbocycles. The zero-order valence-corrected chi connectivity index (χ0v) is 15.1. The number of halogens is 3. The number of alkyl halides is 3. The Morgan fingerprint density at radius 3 is 2.63 bits per heavy atom. The van der Waals surface area contributed by atoms with Gasteiger partial charge in [0, 0.05) is 11.6 Å². The summed E-state index contributed by atoms with van der Waals surface area (Å²) in [5, 5.41) is 3.52. The Balaban J connectivity index is 2.00. The van der Waals surface area contributed by atoms with Crippen LogP contribution in [0.5, 0.6) is 11.5 Å². The third kappa shape index (κ3) is 6.02. The molecule has 1 saturated heterocycles. The first-order chi connectivity index (χ1) is 12.7. The first kappa shape index (κ1) is 20.8. The first-order valence-electron chi connectivity index (χ1n) is 8.34. The number of methoxy groups -OCH3 is 2. The summed E-state index contributed by atoms with van der Waals surface area (Å²) in [4.78, 5) is 25.3. The smallest absolute Gasteiger partial charge is 0.405 e. The third-order valence-corrected chi connectivity index (χ3v) is 4.21. The molecule has 0 aromatic heterocycles. The van der Waals surface area contributed by atoms with E-state index in [1.165, 1.54) is 0 Å². The fraction of sp³-hybridized carbons (Fsp3) is 0.529. The summed E-state index contributed by atoms with van der Waals surface area (Å²) in [5.41, 5.74) is 0.851. The van der Waals surface area contributed by atoms with Crippen molar-refractivity contribution in [1.29, 1.82) is 0 Å². The van der Waals surface area contributed by atoms with Crippen LogP contribution in [0.2, 0.25) is 0 Å². The van der Waals surface area contributed by atoms with E-state index in [9.17, 15) is 22.8 Å². The molecule has 0 bridgehead atoms. The van der Waals surface area contributed by atoms with Crippen LogP contribution >= 0.6 is 0 Å². The van der Waals surface area contributed by atoms with Gasteiger partial charge in [-0.1, -0.05) is 0 Å². The number of rotatable bonds is 6. The third-order valence-electron chi connectivity index (χ3n) is 4.21. The number of hydrogen-bond acceptors (Lipinski definition) is 5. The molecule has 0 radical (unpaired) electrons. The van der Waals surface area contributed by atoms with E-state index in [0.717, 1.165) is 18.4 Å². The zero-order valence-electron chi connectivity index (χ0n) is 15.1. The topological polar surface area (TPSA) is 79.9 Å². The Morgan fingerprint density at radius 1 is 1.26 bits per heavy atom. The van der Waals surface area contributed by atoms with E-state index in [0.29, 0.717) is 18.0 Å². The molecule has 10 heteroatoms. The molecule has 27 heavy (non-hydrogen) atoms. The quantitative estimate of drug-likeness (QED) is 0.780. The van der Waals surface area contributed by atoms with E-state index in [4.69, 9.17) is 9.47 Å². The summed E-state index contributed by atoms with van der Waals surface area (Å²) < 4.78 is 46.9. The highest BCUT2D eigenvalue weighted by atomic mass is 19.4. The molecule has 7 nitrogen and oxygen atoms in total. The van der Waals surface area contributed by atoms with Crippen molar-refractivity contribution in [3.8, 4) is 11.5 Å². The second-order valence-corrected chi connectivity index (χ2v) is 6.08. The van der Waals surface area contributed by atoms with Crippen molar-refractivity contribution in [2.75, 3.05) is 33.9 Å². The van der Waals surface area contributed by atoms with Crippen LogP contribution in [-0.2, 0) is 4.79 Å². The molecule has 0 unspecified atom stereocenters. The van der Waals surface area contributed by atoms with Gasteiger partial charge in [-0.3, -0.25) is 15.0 Å². The van der Waals surface area contributed by atoms with Crippen LogP contribution in [0.25, 0.3) is 0 Å². The van der Waals surface area contributed by atoms with Crippen molar-refractivity contribution in [1.82, 2.24) is 15.5 Å². The predicted molar refractivity (Wildman–Crippen MR) is 90.7 cm³/mol. The fourth-order valence-corrected chi connectivity index (χ4v) is 3.04. The Hall–Kier alpha value is -2.49. The summed E-state index contributed by atoms with van der Waals surface area (Å²) in [6.45, 7) is -1.01. The molecule has 1 atom stereocenters. The second kappa shape index (κ2) is 8.94. The van der Waals surface area contributed by atoms with Gasteiger partial charge in [0.2, 0.25) is 5.91 Å². The largest absolute Gasteiger partial charge is 0.497 e. The number of carbonyl (C=O) groups excluding carboxylic acids is 2. The van der Waals surface area contributed by atoms with Crippen molar-refractivity contribution >= 4 is 11.9 Å². The number of benzene rings is 1. The van der Waals surface area contributed by atoms with Gasteiger partial charge in [-0.2, -0.15) is 13.2 Å². The molecule has 1 aliphatic heterocycles. The number of urea groups is 1. The van der Waals surface area contributed by atoms with Crippen LogP contribution in [0.1, 0.15) is 24.4 Å². The summed E-state index contributed by atoms with van der Waals surface area (Å²) in [6.07, 6.45) is -2.93. The van der Waals surface area contributed by atoms with Gasteiger partial charge < -0.3 is 14.8 Å². The molecule has 2 rings (SSSR count). The first-order valence-corrected chi connectivity index (χ1v) is 8.34. The van der Waals surface area contributed by atoms with Crippen molar-refractivity contribution in [3.63, 3.8) is 0 Å². The van der Waals surface area contributed by atoms with Gasteiger partial charge in [0.25, 0.3) is 0 Å². The molecule has 1 heterocycles. The number of imide groups is 1.